The van der Waals surface area contributed by atoms with Crippen molar-refractivity contribution in [2.45, 2.75) is 5.92 Å². The molecule has 1 aliphatic heterocycles. The number of hydrogen-bond acceptors (Lipinski definition) is 1. The summed E-state index contributed by atoms with van der Waals surface area (Å²) < 4.78 is 6.13. The lowest BCUT2D eigenvalue weighted by atomic mass is 9.88. The molecule has 112 valence electrons. The van der Waals surface area contributed by atoms with Crippen LogP contribution in [0.25, 0.3) is 5.76 Å². The van der Waals surface area contributed by atoms with Gasteiger partial charge in [-0.05, 0) is 29.8 Å². The van der Waals surface area contributed by atoms with Crippen molar-refractivity contribution >= 4 is 17.4 Å². The summed E-state index contributed by atoms with van der Waals surface area (Å²) in [5.41, 5.74) is 3.47. The van der Waals surface area contributed by atoms with Crippen LogP contribution >= 0.6 is 11.6 Å². The molecule has 0 bridgehead atoms. The molecular weight excluding hydrogens is 304 g/mol. The highest BCUT2D eigenvalue weighted by atomic mass is 35.5. The van der Waals surface area contributed by atoms with Crippen molar-refractivity contribution in [1.29, 1.82) is 0 Å². The molecule has 0 spiro atoms. The Balaban J connectivity index is 1.84. The highest BCUT2D eigenvalue weighted by molar-refractivity contribution is 6.30. The second-order valence-electron chi connectivity index (χ2n) is 5.57. The highest BCUT2D eigenvalue weighted by Gasteiger charge is 2.23. The van der Waals surface area contributed by atoms with E-state index in [1.54, 1.807) is 0 Å². The Bertz CT molecular complexity index is 851. The monoisotopic (exact) mass is 318 g/mol. The zero-order valence-corrected chi connectivity index (χ0v) is 13.2. The molecule has 4 rings (SSSR count). The lowest BCUT2D eigenvalue weighted by Crippen LogP contribution is -2.10. The van der Waals surface area contributed by atoms with E-state index in [1.807, 2.05) is 48.5 Å². The first-order valence-electron chi connectivity index (χ1n) is 7.61. The quantitative estimate of drug-likeness (QED) is 0.571. The fourth-order valence-corrected chi connectivity index (χ4v) is 3.05. The van der Waals surface area contributed by atoms with Gasteiger partial charge in [-0.25, -0.2) is 0 Å². The summed E-state index contributed by atoms with van der Waals surface area (Å²) >= 11 is 6.04. The minimum absolute atomic E-state index is 0.160. The van der Waals surface area contributed by atoms with E-state index in [2.05, 4.69) is 36.4 Å². The molecule has 2 heteroatoms. The standard InChI is InChI=1S/C21H15ClO/c22-17-12-10-15(11-13-17)19-14-21(16-6-2-1-3-7-16)23-20-9-5-4-8-18(19)20/h1-14,19H/t19-/m1/s1. The molecule has 1 aliphatic rings. The molecule has 0 aliphatic carbocycles. The lowest BCUT2D eigenvalue weighted by Gasteiger charge is -2.25. The highest BCUT2D eigenvalue weighted by Crippen LogP contribution is 2.40. The Labute approximate surface area is 140 Å². The summed E-state index contributed by atoms with van der Waals surface area (Å²) in [7, 11) is 0. The Hall–Kier alpha value is -2.51. The molecule has 0 unspecified atom stereocenters. The maximum Gasteiger partial charge on any atom is 0.131 e. The van der Waals surface area contributed by atoms with E-state index in [1.165, 1.54) is 11.1 Å². The van der Waals surface area contributed by atoms with Crippen LogP contribution in [0, 0.1) is 0 Å². The number of ether oxygens (including phenoxy) is 1. The molecule has 0 N–H and O–H groups in total. The number of allylic oxidation sites excluding steroid dienone is 1. The van der Waals surface area contributed by atoms with Crippen molar-refractivity contribution in [3.8, 4) is 5.75 Å². The summed E-state index contributed by atoms with van der Waals surface area (Å²) in [5, 5.41) is 0.751. The van der Waals surface area contributed by atoms with Crippen molar-refractivity contribution < 1.29 is 4.74 Å². The molecule has 1 atom stereocenters. The van der Waals surface area contributed by atoms with Gasteiger partial charge in [0.15, 0.2) is 0 Å². The first-order valence-corrected chi connectivity index (χ1v) is 7.98. The molecule has 1 nitrogen and oxygen atoms in total. The minimum Gasteiger partial charge on any atom is -0.457 e. The molecule has 1 heterocycles. The zero-order chi connectivity index (χ0) is 15.6. The number of benzene rings is 3. The molecule has 0 aromatic heterocycles. The third-order valence-corrected chi connectivity index (χ3v) is 4.33. The third-order valence-electron chi connectivity index (χ3n) is 4.08. The van der Waals surface area contributed by atoms with Crippen LogP contribution in [0.15, 0.2) is 84.9 Å². The predicted molar refractivity (Wildman–Crippen MR) is 94.8 cm³/mol. The number of fused-ring (bicyclic) bond motifs is 1. The molecule has 3 aromatic carbocycles. The SMILES string of the molecule is Clc1ccc([C@H]2C=C(c3ccccc3)Oc3ccccc32)cc1. The van der Waals surface area contributed by atoms with Crippen molar-refractivity contribution in [3.63, 3.8) is 0 Å². The smallest absolute Gasteiger partial charge is 0.131 e. The molecule has 0 amide bonds. The Morgan fingerprint density at radius 1 is 0.739 bits per heavy atom. The Kier molecular flexibility index (Phi) is 3.64. The van der Waals surface area contributed by atoms with Gasteiger partial charge >= 0.3 is 0 Å². The van der Waals surface area contributed by atoms with E-state index in [0.717, 1.165) is 22.1 Å². The van der Waals surface area contributed by atoms with Crippen LogP contribution in [0.4, 0.5) is 0 Å². The molecule has 3 aromatic rings. The minimum atomic E-state index is 0.160. The number of halogens is 1. The maximum absolute atomic E-state index is 6.13. The third kappa shape index (κ3) is 2.76. The van der Waals surface area contributed by atoms with E-state index in [4.69, 9.17) is 16.3 Å². The molecular formula is C21H15ClO. The average Bonchev–Trinajstić information content (AvgIpc) is 2.62. The summed E-state index contributed by atoms with van der Waals surface area (Å²) in [6, 6.07) is 26.4. The van der Waals surface area contributed by atoms with Crippen LogP contribution in [0.5, 0.6) is 5.75 Å². The van der Waals surface area contributed by atoms with Gasteiger partial charge in [0.2, 0.25) is 0 Å². The molecule has 23 heavy (non-hydrogen) atoms. The Morgan fingerprint density at radius 2 is 1.43 bits per heavy atom. The average molecular weight is 319 g/mol. The second kappa shape index (κ2) is 5.94. The second-order valence-corrected chi connectivity index (χ2v) is 6.00. The van der Waals surface area contributed by atoms with Crippen LogP contribution in [-0.2, 0) is 0 Å². The van der Waals surface area contributed by atoms with Gasteiger partial charge in [-0.15, -0.1) is 0 Å². The van der Waals surface area contributed by atoms with Gasteiger partial charge in [-0.1, -0.05) is 72.3 Å². The van der Waals surface area contributed by atoms with Gasteiger partial charge < -0.3 is 4.74 Å². The molecule has 0 fully saturated rings. The van der Waals surface area contributed by atoms with Gasteiger partial charge in [0.1, 0.15) is 11.5 Å². The van der Waals surface area contributed by atoms with Crippen LogP contribution in [0.1, 0.15) is 22.6 Å². The van der Waals surface area contributed by atoms with E-state index in [9.17, 15) is 0 Å². The van der Waals surface area contributed by atoms with Gasteiger partial charge in [0.25, 0.3) is 0 Å². The van der Waals surface area contributed by atoms with Crippen molar-refractivity contribution in [2.75, 3.05) is 0 Å². The fraction of sp³-hybridized carbons (Fsp3) is 0.0476. The van der Waals surface area contributed by atoms with Crippen LogP contribution < -0.4 is 4.74 Å². The van der Waals surface area contributed by atoms with Crippen molar-refractivity contribution in [1.82, 2.24) is 0 Å². The van der Waals surface area contributed by atoms with Gasteiger partial charge in [-0.2, -0.15) is 0 Å². The topological polar surface area (TPSA) is 9.23 Å². The largest absolute Gasteiger partial charge is 0.457 e. The van der Waals surface area contributed by atoms with Crippen LogP contribution in [0.2, 0.25) is 5.02 Å². The van der Waals surface area contributed by atoms with E-state index >= 15 is 0 Å². The Morgan fingerprint density at radius 3 is 2.22 bits per heavy atom. The first kappa shape index (κ1) is 14.1. The summed E-state index contributed by atoms with van der Waals surface area (Å²) in [4.78, 5) is 0. The predicted octanol–water partition coefficient (Wildman–Crippen LogP) is 5.91. The maximum atomic E-state index is 6.13. The van der Waals surface area contributed by atoms with Gasteiger partial charge in [-0.3, -0.25) is 0 Å². The molecule has 0 saturated heterocycles. The normalized spacial score (nSPS) is 16.2. The number of para-hydroxylation sites is 1. The zero-order valence-electron chi connectivity index (χ0n) is 12.4. The molecule has 0 saturated carbocycles. The first-order chi connectivity index (χ1) is 11.3. The van der Waals surface area contributed by atoms with E-state index in [-0.39, 0.29) is 5.92 Å². The number of rotatable bonds is 2. The summed E-state index contributed by atoms with van der Waals surface area (Å²) in [5.74, 6) is 1.96. The van der Waals surface area contributed by atoms with E-state index in [0.29, 0.717) is 0 Å². The summed E-state index contributed by atoms with van der Waals surface area (Å²) in [6.45, 7) is 0. The van der Waals surface area contributed by atoms with Crippen molar-refractivity contribution in [2.24, 2.45) is 0 Å². The fourth-order valence-electron chi connectivity index (χ4n) is 2.93. The van der Waals surface area contributed by atoms with Crippen LogP contribution in [-0.4, -0.2) is 0 Å². The molecule has 0 radical (unpaired) electrons. The van der Waals surface area contributed by atoms with Gasteiger partial charge in [0.05, 0.1) is 0 Å². The van der Waals surface area contributed by atoms with E-state index < -0.39 is 0 Å². The van der Waals surface area contributed by atoms with Crippen LogP contribution in [0.3, 0.4) is 0 Å². The van der Waals surface area contributed by atoms with Crippen molar-refractivity contribution in [3.05, 3.63) is 107 Å². The van der Waals surface area contributed by atoms with Gasteiger partial charge in [0, 0.05) is 22.1 Å². The lowest BCUT2D eigenvalue weighted by molar-refractivity contribution is 0.492. The summed E-state index contributed by atoms with van der Waals surface area (Å²) in [6.07, 6.45) is 2.18. The number of hydrogen-bond donors (Lipinski definition) is 0.